The predicted molar refractivity (Wildman–Crippen MR) is 76.3 cm³/mol. The number of ether oxygens (including phenoxy) is 1. The van der Waals surface area contributed by atoms with Gasteiger partial charge in [-0.25, -0.2) is 0 Å². The van der Waals surface area contributed by atoms with Crippen molar-refractivity contribution in [2.75, 3.05) is 11.9 Å². The molecule has 0 aliphatic rings. The highest BCUT2D eigenvalue weighted by Gasteiger charge is 2.08. The van der Waals surface area contributed by atoms with Gasteiger partial charge in [-0.2, -0.15) is 0 Å². The molecular weight excluding hydrogens is 294 g/mol. The quantitative estimate of drug-likeness (QED) is 0.912. The molecule has 0 heterocycles. The Morgan fingerprint density at radius 1 is 1.10 bits per heavy atom. The standard InChI is InChI=1S/C15H12ClNO4/c16-10-5-7-11(8-6-10)21-9-14(18)17-13-4-2-1-3-12(13)15(19)20/h1-8H,9H2,(H,17,18)(H,19,20)/p-1. The summed E-state index contributed by atoms with van der Waals surface area (Å²) in [5.74, 6) is -1.34. The minimum atomic E-state index is -1.36. The average Bonchev–Trinajstić information content (AvgIpc) is 2.47. The second-order valence-corrected chi connectivity index (χ2v) is 4.56. The van der Waals surface area contributed by atoms with Crippen LogP contribution in [0.2, 0.25) is 5.02 Å². The molecule has 21 heavy (non-hydrogen) atoms. The van der Waals surface area contributed by atoms with E-state index in [2.05, 4.69) is 5.32 Å². The molecule has 2 rings (SSSR count). The van der Waals surface area contributed by atoms with Crippen LogP contribution in [-0.2, 0) is 4.79 Å². The number of hydrogen-bond acceptors (Lipinski definition) is 4. The van der Waals surface area contributed by atoms with Gasteiger partial charge < -0.3 is 20.0 Å². The molecule has 0 atom stereocenters. The predicted octanol–water partition coefficient (Wildman–Crippen LogP) is 1.72. The summed E-state index contributed by atoms with van der Waals surface area (Å²) in [7, 11) is 0. The van der Waals surface area contributed by atoms with Crippen LogP contribution in [0.4, 0.5) is 5.69 Å². The van der Waals surface area contributed by atoms with Crippen molar-refractivity contribution in [3.63, 3.8) is 0 Å². The number of anilines is 1. The van der Waals surface area contributed by atoms with Crippen LogP contribution in [0.3, 0.4) is 0 Å². The zero-order valence-corrected chi connectivity index (χ0v) is 11.6. The van der Waals surface area contributed by atoms with Crippen molar-refractivity contribution in [2.24, 2.45) is 0 Å². The highest BCUT2D eigenvalue weighted by molar-refractivity contribution is 6.30. The third kappa shape index (κ3) is 4.22. The van der Waals surface area contributed by atoms with Crippen molar-refractivity contribution < 1.29 is 19.4 Å². The summed E-state index contributed by atoms with van der Waals surface area (Å²) in [4.78, 5) is 22.7. The van der Waals surface area contributed by atoms with E-state index in [-0.39, 0.29) is 17.9 Å². The van der Waals surface area contributed by atoms with Gasteiger partial charge in [0.05, 0.1) is 5.97 Å². The van der Waals surface area contributed by atoms with Gasteiger partial charge in [-0.1, -0.05) is 29.8 Å². The van der Waals surface area contributed by atoms with Gasteiger partial charge in [-0.15, -0.1) is 0 Å². The van der Waals surface area contributed by atoms with E-state index >= 15 is 0 Å². The number of carboxylic acid groups (broad SMARTS) is 1. The summed E-state index contributed by atoms with van der Waals surface area (Å²) >= 11 is 5.73. The van der Waals surface area contributed by atoms with Crippen molar-refractivity contribution in [1.29, 1.82) is 0 Å². The van der Waals surface area contributed by atoms with Crippen LogP contribution in [0.1, 0.15) is 10.4 Å². The molecule has 0 fully saturated rings. The van der Waals surface area contributed by atoms with Gasteiger partial charge in [0.15, 0.2) is 6.61 Å². The number of nitrogens with one attached hydrogen (secondary N) is 1. The second-order valence-electron chi connectivity index (χ2n) is 4.12. The number of rotatable bonds is 5. The minimum Gasteiger partial charge on any atom is -0.545 e. The summed E-state index contributed by atoms with van der Waals surface area (Å²) in [6.45, 7) is -0.247. The number of amides is 1. The Balaban J connectivity index is 1.96. The Kier molecular flexibility index (Phi) is 4.79. The zero-order valence-electron chi connectivity index (χ0n) is 10.8. The van der Waals surface area contributed by atoms with Crippen LogP contribution in [0.5, 0.6) is 5.75 Å². The molecule has 2 aromatic rings. The van der Waals surface area contributed by atoms with Crippen LogP contribution in [-0.4, -0.2) is 18.5 Å². The molecule has 0 radical (unpaired) electrons. The first kappa shape index (κ1) is 14.9. The topological polar surface area (TPSA) is 78.5 Å². The van der Waals surface area contributed by atoms with Crippen molar-refractivity contribution >= 4 is 29.2 Å². The number of aromatic carboxylic acids is 1. The first-order valence-corrected chi connectivity index (χ1v) is 6.42. The van der Waals surface area contributed by atoms with E-state index in [4.69, 9.17) is 16.3 Å². The molecule has 0 spiro atoms. The minimum absolute atomic E-state index is 0.0858. The number of halogens is 1. The maximum atomic E-state index is 11.8. The number of benzene rings is 2. The number of carbonyl (C=O) groups is 2. The van der Waals surface area contributed by atoms with Crippen molar-refractivity contribution in [3.05, 3.63) is 59.1 Å². The smallest absolute Gasteiger partial charge is 0.262 e. The Morgan fingerprint density at radius 3 is 2.43 bits per heavy atom. The average molecular weight is 305 g/mol. The second kappa shape index (κ2) is 6.76. The normalized spacial score (nSPS) is 9.95. The molecule has 2 aromatic carbocycles. The van der Waals surface area contributed by atoms with Crippen molar-refractivity contribution in [1.82, 2.24) is 0 Å². The molecule has 108 valence electrons. The lowest BCUT2D eigenvalue weighted by molar-refractivity contribution is -0.254. The lowest BCUT2D eigenvalue weighted by atomic mass is 10.2. The lowest BCUT2D eigenvalue weighted by Gasteiger charge is -2.12. The van der Waals surface area contributed by atoms with Crippen LogP contribution < -0.4 is 15.2 Å². The maximum Gasteiger partial charge on any atom is 0.262 e. The Hall–Kier alpha value is -2.53. The molecule has 0 unspecified atom stereocenters. The number of hydrogen-bond donors (Lipinski definition) is 1. The van der Waals surface area contributed by atoms with Gasteiger partial charge in [0.1, 0.15) is 5.75 Å². The van der Waals surface area contributed by atoms with E-state index in [1.807, 2.05) is 0 Å². The third-order valence-corrected chi connectivity index (χ3v) is 2.86. The summed E-state index contributed by atoms with van der Waals surface area (Å²) in [5.41, 5.74) is 0.0829. The number of carboxylic acids is 1. The molecule has 0 bridgehead atoms. The van der Waals surface area contributed by atoms with Crippen molar-refractivity contribution in [3.8, 4) is 5.75 Å². The summed E-state index contributed by atoms with van der Waals surface area (Å²) in [6, 6.07) is 12.5. The Morgan fingerprint density at radius 2 is 1.76 bits per heavy atom. The molecule has 5 nitrogen and oxygen atoms in total. The van der Waals surface area contributed by atoms with Crippen LogP contribution in [0, 0.1) is 0 Å². The van der Waals surface area contributed by atoms with Crippen LogP contribution in [0.25, 0.3) is 0 Å². The molecule has 0 aromatic heterocycles. The fraction of sp³-hybridized carbons (Fsp3) is 0.0667. The molecule has 1 amide bonds. The largest absolute Gasteiger partial charge is 0.545 e. The molecule has 6 heteroatoms. The summed E-state index contributed by atoms with van der Waals surface area (Å²) in [6.07, 6.45) is 0. The SMILES string of the molecule is O=C(COc1ccc(Cl)cc1)Nc1ccccc1C(=O)[O-]. The van der Waals surface area contributed by atoms with E-state index in [1.54, 1.807) is 36.4 Å². The molecular formula is C15H11ClNO4-. The Bertz CT molecular complexity index is 655. The first-order chi connectivity index (χ1) is 10.1. The van der Waals surface area contributed by atoms with Crippen molar-refractivity contribution in [2.45, 2.75) is 0 Å². The van der Waals surface area contributed by atoms with E-state index in [0.717, 1.165) is 0 Å². The molecule has 0 aliphatic heterocycles. The van der Waals surface area contributed by atoms with Gasteiger partial charge in [-0.05, 0) is 30.3 Å². The van der Waals surface area contributed by atoms with E-state index < -0.39 is 11.9 Å². The molecule has 0 saturated carbocycles. The van der Waals surface area contributed by atoms with Gasteiger partial charge in [0.2, 0.25) is 0 Å². The van der Waals surface area contributed by atoms with Gasteiger partial charge in [0.25, 0.3) is 5.91 Å². The van der Waals surface area contributed by atoms with Gasteiger partial charge in [0, 0.05) is 16.3 Å². The third-order valence-electron chi connectivity index (χ3n) is 2.60. The van der Waals surface area contributed by atoms with E-state index in [1.165, 1.54) is 12.1 Å². The first-order valence-electron chi connectivity index (χ1n) is 6.05. The zero-order chi connectivity index (χ0) is 15.2. The van der Waals surface area contributed by atoms with Gasteiger partial charge in [-0.3, -0.25) is 4.79 Å². The van der Waals surface area contributed by atoms with Gasteiger partial charge >= 0.3 is 0 Å². The van der Waals surface area contributed by atoms with E-state index in [0.29, 0.717) is 10.8 Å². The Labute approximate surface area is 126 Å². The highest BCUT2D eigenvalue weighted by Crippen LogP contribution is 2.16. The lowest BCUT2D eigenvalue weighted by Crippen LogP contribution is -2.26. The van der Waals surface area contributed by atoms with Crippen LogP contribution in [0.15, 0.2) is 48.5 Å². The summed E-state index contributed by atoms with van der Waals surface area (Å²) in [5, 5.41) is 13.9. The monoisotopic (exact) mass is 304 g/mol. The highest BCUT2D eigenvalue weighted by atomic mass is 35.5. The number of carbonyl (C=O) groups excluding carboxylic acids is 2. The molecule has 1 N–H and O–H groups in total. The number of para-hydroxylation sites is 1. The summed E-state index contributed by atoms with van der Waals surface area (Å²) < 4.78 is 5.26. The maximum absolute atomic E-state index is 11.8. The van der Waals surface area contributed by atoms with E-state index in [9.17, 15) is 14.7 Å². The fourth-order valence-corrected chi connectivity index (χ4v) is 1.76. The fourth-order valence-electron chi connectivity index (χ4n) is 1.64. The molecule has 0 aliphatic carbocycles. The van der Waals surface area contributed by atoms with Crippen LogP contribution >= 0.6 is 11.6 Å². The molecule has 0 saturated heterocycles.